The highest BCUT2D eigenvalue weighted by Crippen LogP contribution is 2.12. The summed E-state index contributed by atoms with van der Waals surface area (Å²) >= 11 is 1.72. The average molecular weight is 270 g/mol. The van der Waals surface area contributed by atoms with Crippen molar-refractivity contribution in [2.45, 2.75) is 12.7 Å². The van der Waals surface area contributed by atoms with Crippen LogP contribution in [0, 0.1) is 12.3 Å². The van der Waals surface area contributed by atoms with E-state index >= 15 is 0 Å². The van der Waals surface area contributed by atoms with E-state index in [2.05, 4.69) is 15.3 Å². The molecule has 0 bridgehead atoms. The number of hydrogen-bond donors (Lipinski definition) is 4. The maximum atomic E-state index is 10.6. The van der Waals surface area contributed by atoms with Crippen LogP contribution in [0.4, 0.5) is 4.79 Å². The Bertz CT molecular complexity index is 418. The Morgan fingerprint density at radius 1 is 1.72 bits per heavy atom. The highest BCUT2D eigenvalue weighted by molar-refractivity contribution is 7.98. The van der Waals surface area contributed by atoms with Crippen LogP contribution in [-0.4, -0.2) is 46.2 Å². The molecule has 0 unspecified atom stereocenters. The van der Waals surface area contributed by atoms with Gasteiger partial charge in [0.2, 0.25) is 0 Å². The molecule has 0 radical (unpaired) electrons. The number of nitrogens with one attached hydrogen (secondary N) is 3. The molecule has 1 heterocycles. The third-order valence-electron chi connectivity index (χ3n) is 2.37. The van der Waals surface area contributed by atoms with Crippen molar-refractivity contribution in [3.05, 3.63) is 17.7 Å². The number of amides is 2. The van der Waals surface area contributed by atoms with E-state index in [1.54, 1.807) is 30.0 Å². The summed E-state index contributed by atoms with van der Waals surface area (Å²) in [6, 6.07) is -0.716. The molecule has 8 heteroatoms. The number of carbonyl (C=O) groups excluding carboxylic acids is 1. The minimum Gasteiger partial charge on any atom is -0.351 e. The van der Waals surface area contributed by atoms with Crippen LogP contribution in [-0.2, 0) is 5.75 Å². The zero-order valence-corrected chi connectivity index (χ0v) is 11.3. The molecule has 0 aromatic carbocycles. The van der Waals surface area contributed by atoms with Crippen LogP contribution in [0.3, 0.4) is 0 Å². The first-order valence-electron chi connectivity index (χ1n) is 5.43. The number of nitrogens with two attached hydrogens (primary N) is 1. The number of rotatable bonds is 5. The number of carbonyl (C=O) groups is 1. The molecule has 0 fully saturated rings. The van der Waals surface area contributed by atoms with Gasteiger partial charge in [-0.25, -0.2) is 9.78 Å². The number of guanidine groups is 1. The molecule has 7 nitrogen and oxygen atoms in total. The third kappa shape index (κ3) is 4.66. The summed E-state index contributed by atoms with van der Waals surface area (Å²) in [6.07, 6.45) is 1.68. The molecule has 2 amide bonds. The van der Waals surface area contributed by atoms with Gasteiger partial charge in [-0.3, -0.25) is 10.7 Å². The summed E-state index contributed by atoms with van der Waals surface area (Å²) in [5.74, 6) is 1.69. The van der Waals surface area contributed by atoms with Gasteiger partial charge in [0.15, 0.2) is 5.96 Å². The van der Waals surface area contributed by atoms with Crippen LogP contribution < -0.4 is 11.1 Å². The summed E-state index contributed by atoms with van der Waals surface area (Å²) in [5, 5.41) is 9.75. The van der Waals surface area contributed by atoms with E-state index < -0.39 is 6.03 Å². The van der Waals surface area contributed by atoms with Crippen molar-refractivity contribution in [3.8, 4) is 0 Å². The first-order chi connectivity index (χ1) is 8.50. The number of imidazole rings is 1. The number of H-pyrrole nitrogens is 1. The maximum absolute atomic E-state index is 10.6. The minimum absolute atomic E-state index is 0.0130. The molecule has 1 aromatic rings. The fourth-order valence-electron chi connectivity index (χ4n) is 1.23. The number of thioether (sulfide) groups is 1. The van der Waals surface area contributed by atoms with Gasteiger partial charge >= 0.3 is 6.03 Å². The molecule has 100 valence electrons. The fourth-order valence-corrected chi connectivity index (χ4v) is 2.26. The molecule has 1 rings (SSSR count). The number of hydrogen-bond acceptors (Lipinski definition) is 4. The van der Waals surface area contributed by atoms with E-state index in [0.717, 1.165) is 22.9 Å². The second kappa shape index (κ2) is 6.90. The zero-order chi connectivity index (χ0) is 13.5. The zero-order valence-electron chi connectivity index (χ0n) is 10.5. The Morgan fingerprint density at radius 2 is 2.44 bits per heavy atom. The second-order valence-electron chi connectivity index (χ2n) is 3.79. The molecule has 0 atom stereocenters. The van der Waals surface area contributed by atoms with Gasteiger partial charge in [-0.15, -0.1) is 0 Å². The van der Waals surface area contributed by atoms with Crippen molar-refractivity contribution in [2.75, 3.05) is 19.3 Å². The lowest BCUT2D eigenvalue weighted by molar-refractivity contribution is 0.252. The standard InChI is InChI=1S/C10H18N6OS/c1-7-8(14-6-13-7)5-18-4-3-16(2)9(11)15-10(12)17/h6H,3-5H2,1-2H3,(H,13,14)(H4,11,12,15,17). The molecule has 5 N–H and O–H groups in total. The predicted molar refractivity (Wildman–Crippen MR) is 72.6 cm³/mol. The predicted octanol–water partition coefficient (Wildman–Crippen LogP) is 0.486. The summed E-state index contributed by atoms with van der Waals surface area (Å²) in [5.41, 5.74) is 7.06. The quantitative estimate of drug-likeness (QED) is 0.354. The molecule has 18 heavy (non-hydrogen) atoms. The monoisotopic (exact) mass is 270 g/mol. The number of aryl methyl sites for hydroxylation is 1. The average Bonchev–Trinajstić information content (AvgIpc) is 2.69. The summed E-state index contributed by atoms with van der Waals surface area (Å²) < 4.78 is 0. The number of nitrogens with zero attached hydrogens (tertiary/aromatic N) is 2. The normalized spacial score (nSPS) is 10.1. The molecule has 1 aromatic heterocycles. The summed E-state index contributed by atoms with van der Waals surface area (Å²) in [6.45, 7) is 2.65. The van der Waals surface area contributed by atoms with E-state index in [4.69, 9.17) is 11.1 Å². The molecular weight excluding hydrogens is 252 g/mol. The van der Waals surface area contributed by atoms with Crippen LogP contribution in [0.15, 0.2) is 6.33 Å². The van der Waals surface area contributed by atoms with E-state index in [1.807, 2.05) is 6.92 Å². The lowest BCUT2D eigenvalue weighted by Crippen LogP contribution is -2.44. The molecule has 0 spiro atoms. The van der Waals surface area contributed by atoms with Crippen molar-refractivity contribution in [2.24, 2.45) is 5.73 Å². The number of aromatic amines is 1. The fraction of sp³-hybridized carbons (Fsp3) is 0.500. The van der Waals surface area contributed by atoms with Gasteiger partial charge in [0, 0.05) is 30.8 Å². The van der Waals surface area contributed by atoms with Gasteiger partial charge < -0.3 is 15.6 Å². The van der Waals surface area contributed by atoms with Gasteiger partial charge in [-0.2, -0.15) is 11.8 Å². The summed E-state index contributed by atoms with van der Waals surface area (Å²) in [4.78, 5) is 19.4. The highest BCUT2D eigenvalue weighted by atomic mass is 32.2. The Labute approximate surface area is 110 Å². The van der Waals surface area contributed by atoms with Gasteiger partial charge in [-0.05, 0) is 6.92 Å². The second-order valence-corrected chi connectivity index (χ2v) is 4.89. The van der Waals surface area contributed by atoms with Crippen molar-refractivity contribution in [1.82, 2.24) is 20.2 Å². The van der Waals surface area contributed by atoms with Gasteiger partial charge in [0.25, 0.3) is 0 Å². The smallest absolute Gasteiger partial charge is 0.318 e. The van der Waals surface area contributed by atoms with Gasteiger partial charge in [0.05, 0.1) is 12.0 Å². The van der Waals surface area contributed by atoms with Crippen molar-refractivity contribution in [1.29, 1.82) is 5.41 Å². The Hall–Kier alpha value is -1.70. The third-order valence-corrected chi connectivity index (χ3v) is 3.32. The van der Waals surface area contributed by atoms with Crippen molar-refractivity contribution < 1.29 is 4.79 Å². The SMILES string of the molecule is Cc1[nH]cnc1CSCCN(C)C(=N)NC(N)=O. The first-order valence-corrected chi connectivity index (χ1v) is 6.59. The van der Waals surface area contributed by atoms with E-state index in [9.17, 15) is 4.79 Å². The minimum atomic E-state index is -0.716. The molecule has 0 saturated carbocycles. The van der Waals surface area contributed by atoms with Crippen LogP contribution in [0.5, 0.6) is 0 Å². The molecule has 0 aliphatic heterocycles. The van der Waals surface area contributed by atoms with Crippen LogP contribution in [0.25, 0.3) is 0 Å². The Kier molecular flexibility index (Phi) is 5.50. The van der Waals surface area contributed by atoms with Crippen LogP contribution in [0.1, 0.15) is 11.4 Å². The van der Waals surface area contributed by atoms with Gasteiger partial charge in [0.1, 0.15) is 0 Å². The topological polar surface area (TPSA) is 111 Å². The first kappa shape index (κ1) is 14.4. The number of urea groups is 1. The molecule has 0 aliphatic rings. The molecule has 0 aliphatic carbocycles. The summed E-state index contributed by atoms with van der Waals surface area (Å²) in [7, 11) is 1.73. The maximum Gasteiger partial charge on any atom is 0.318 e. The van der Waals surface area contributed by atoms with E-state index in [0.29, 0.717) is 6.54 Å². The number of aromatic nitrogens is 2. The van der Waals surface area contributed by atoms with Crippen LogP contribution in [0.2, 0.25) is 0 Å². The van der Waals surface area contributed by atoms with Gasteiger partial charge in [-0.1, -0.05) is 0 Å². The van der Waals surface area contributed by atoms with Crippen molar-refractivity contribution in [3.63, 3.8) is 0 Å². The Balaban J connectivity index is 2.20. The Morgan fingerprint density at radius 3 is 3.00 bits per heavy atom. The lowest BCUT2D eigenvalue weighted by atomic mass is 10.4. The molecular formula is C10H18N6OS. The largest absolute Gasteiger partial charge is 0.351 e. The lowest BCUT2D eigenvalue weighted by Gasteiger charge is -2.18. The van der Waals surface area contributed by atoms with Crippen molar-refractivity contribution >= 4 is 23.8 Å². The van der Waals surface area contributed by atoms with E-state index in [-0.39, 0.29) is 5.96 Å². The van der Waals surface area contributed by atoms with E-state index in [1.165, 1.54) is 0 Å². The highest BCUT2D eigenvalue weighted by Gasteiger charge is 2.06. The number of primary amides is 1. The van der Waals surface area contributed by atoms with Crippen LogP contribution >= 0.6 is 11.8 Å². The molecule has 0 saturated heterocycles.